The van der Waals surface area contributed by atoms with Gasteiger partial charge in [-0.1, -0.05) is 12.2 Å². The van der Waals surface area contributed by atoms with Gasteiger partial charge in [0, 0.05) is 37.4 Å². The van der Waals surface area contributed by atoms with Crippen LogP contribution in [0.2, 0.25) is 0 Å². The van der Waals surface area contributed by atoms with Crippen molar-refractivity contribution in [3.05, 3.63) is 29.6 Å². The molecule has 0 unspecified atom stereocenters. The highest BCUT2D eigenvalue weighted by Crippen LogP contribution is 2.20. The third-order valence-electron chi connectivity index (χ3n) is 3.09. The molecule has 17 heavy (non-hydrogen) atoms. The molecular weight excluding hydrogens is 237 g/mol. The lowest BCUT2D eigenvalue weighted by molar-refractivity contribution is 0.313. The Bertz CT molecular complexity index is 428. The van der Waals surface area contributed by atoms with Crippen LogP contribution in [0, 0.1) is 5.82 Å². The molecule has 0 aliphatic carbocycles. The highest BCUT2D eigenvalue weighted by Gasteiger charge is 2.15. The molecule has 1 aliphatic rings. The number of nitrogens with two attached hydrogens (primary N) is 1. The third kappa shape index (κ3) is 2.73. The van der Waals surface area contributed by atoms with Gasteiger partial charge in [0.1, 0.15) is 10.8 Å². The van der Waals surface area contributed by atoms with Gasteiger partial charge in [0.05, 0.1) is 0 Å². The maximum atomic E-state index is 13.7. The van der Waals surface area contributed by atoms with Crippen molar-refractivity contribution in [2.45, 2.75) is 0 Å². The van der Waals surface area contributed by atoms with Gasteiger partial charge in [0.25, 0.3) is 0 Å². The molecule has 2 N–H and O–H groups in total. The normalized spacial score (nSPS) is 17.2. The molecule has 3 nitrogen and oxygen atoms in total. The smallest absolute Gasteiger partial charge is 0.135 e. The number of piperazine rings is 1. The zero-order valence-electron chi connectivity index (χ0n) is 9.82. The lowest BCUT2D eigenvalue weighted by Gasteiger charge is -2.34. The number of hydrogen-bond acceptors (Lipinski definition) is 3. The maximum absolute atomic E-state index is 13.7. The summed E-state index contributed by atoms with van der Waals surface area (Å²) in [6.07, 6.45) is 0. The van der Waals surface area contributed by atoms with E-state index in [-0.39, 0.29) is 10.8 Å². The second kappa shape index (κ2) is 4.98. The van der Waals surface area contributed by atoms with Crippen LogP contribution in [0.3, 0.4) is 0 Å². The van der Waals surface area contributed by atoms with Crippen molar-refractivity contribution in [3.8, 4) is 0 Å². The first kappa shape index (κ1) is 12.3. The molecule has 0 spiro atoms. The summed E-state index contributed by atoms with van der Waals surface area (Å²) < 4.78 is 13.7. The van der Waals surface area contributed by atoms with Crippen molar-refractivity contribution in [2.24, 2.45) is 5.73 Å². The van der Waals surface area contributed by atoms with Crippen LogP contribution in [0.5, 0.6) is 0 Å². The van der Waals surface area contributed by atoms with Crippen molar-refractivity contribution >= 4 is 22.9 Å². The summed E-state index contributed by atoms with van der Waals surface area (Å²) in [5.74, 6) is -0.339. The largest absolute Gasteiger partial charge is 0.389 e. The molecule has 1 aliphatic heterocycles. The van der Waals surface area contributed by atoms with E-state index in [4.69, 9.17) is 18.0 Å². The van der Waals surface area contributed by atoms with Gasteiger partial charge in [-0.25, -0.2) is 4.39 Å². The van der Waals surface area contributed by atoms with Crippen molar-refractivity contribution in [3.63, 3.8) is 0 Å². The van der Waals surface area contributed by atoms with Crippen LogP contribution >= 0.6 is 12.2 Å². The van der Waals surface area contributed by atoms with Crippen LogP contribution in [0.4, 0.5) is 10.1 Å². The minimum atomic E-state index is -0.339. The van der Waals surface area contributed by atoms with E-state index in [1.165, 1.54) is 6.07 Å². The van der Waals surface area contributed by atoms with Gasteiger partial charge in [0.2, 0.25) is 0 Å². The molecule has 0 atom stereocenters. The molecular formula is C12H16FN3S. The molecule has 0 radical (unpaired) electrons. The Morgan fingerprint density at radius 3 is 2.47 bits per heavy atom. The van der Waals surface area contributed by atoms with E-state index in [0.29, 0.717) is 5.56 Å². The lowest BCUT2D eigenvalue weighted by Crippen LogP contribution is -2.44. The highest BCUT2D eigenvalue weighted by molar-refractivity contribution is 7.80. The zero-order valence-corrected chi connectivity index (χ0v) is 10.6. The van der Waals surface area contributed by atoms with E-state index in [9.17, 15) is 4.39 Å². The monoisotopic (exact) mass is 253 g/mol. The van der Waals surface area contributed by atoms with Crippen molar-refractivity contribution < 1.29 is 4.39 Å². The molecule has 0 amide bonds. The van der Waals surface area contributed by atoms with Crippen LogP contribution < -0.4 is 10.6 Å². The molecule has 0 bridgehead atoms. The molecule has 0 aromatic heterocycles. The SMILES string of the molecule is CN1CCN(c2ccc(C(N)=S)c(F)c2)CC1. The first-order valence-electron chi connectivity index (χ1n) is 5.61. The maximum Gasteiger partial charge on any atom is 0.135 e. The first-order chi connectivity index (χ1) is 8.08. The van der Waals surface area contributed by atoms with E-state index < -0.39 is 0 Å². The van der Waals surface area contributed by atoms with Crippen LogP contribution in [-0.4, -0.2) is 43.1 Å². The average Bonchev–Trinajstić information content (AvgIpc) is 2.29. The Kier molecular flexibility index (Phi) is 3.59. The number of anilines is 1. The zero-order chi connectivity index (χ0) is 12.4. The molecule has 1 heterocycles. The van der Waals surface area contributed by atoms with Crippen LogP contribution in [-0.2, 0) is 0 Å². The molecule has 92 valence electrons. The quantitative estimate of drug-likeness (QED) is 0.803. The van der Waals surface area contributed by atoms with Crippen LogP contribution in [0.15, 0.2) is 18.2 Å². The van der Waals surface area contributed by atoms with Gasteiger partial charge in [-0.15, -0.1) is 0 Å². The fraction of sp³-hybridized carbons (Fsp3) is 0.417. The fourth-order valence-electron chi connectivity index (χ4n) is 1.97. The minimum absolute atomic E-state index is 0.104. The van der Waals surface area contributed by atoms with Gasteiger partial charge < -0.3 is 15.5 Å². The second-order valence-electron chi connectivity index (χ2n) is 4.32. The van der Waals surface area contributed by atoms with E-state index >= 15 is 0 Å². The molecule has 2 rings (SSSR count). The number of likely N-dealkylation sites (N-methyl/N-ethyl adjacent to an activating group) is 1. The van der Waals surface area contributed by atoms with E-state index in [1.807, 2.05) is 6.07 Å². The van der Waals surface area contributed by atoms with Crippen molar-refractivity contribution in [2.75, 3.05) is 38.1 Å². The summed E-state index contributed by atoms with van der Waals surface area (Å²) in [4.78, 5) is 4.54. The number of thiocarbonyl (C=S) groups is 1. The summed E-state index contributed by atoms with van der Waals surface area (Å²) in [6.45, 7) is 3.84. The van der Waals surface area contributed by atoms with E-state index in [2.05, 4.69) is 16.8 Å². The fourth-order valence-corrected chi connectivity index (χ4v) is 2.13. The van der Waals surface area contributed by atoms with Crippen LogP contribution in [0.25, 0.3) is 0 Å². The van der Waals surface area contributed by atoms with E-state index in [0.717, 1.165) is 31.9 Å². The summed E-state index contributed by atoms with van der Waals surface area (Å²) >= 11 is 4.78. The first-order valence-corrected chi connectivity index (χ1v) is 6.01. The number of benzene rings is 1. The van der Waals surface area contributed by atoms with E-state index in [1.54, 1.807) is 6.07 Å². The Morgan fingerprint density at radius 2 is 1.94 bits per heavy atom. The molecule has 0 saturated carbocycles. The Balaban J connectivity index is 2.17. The van der Waals surface area contributed by atoms with Gasteiger partial charge in [-0.2, -0.15) is 0 Å². The summed E-state index contributed by atoms with van der Waals surface area (Å²) in [5.41, 5.74) is 6.65. The predicted molar refractivity (Wildman–Crippen MR) is 72.0 cm³/mol. The molecule has 1 saturated heterocycles. The number of nitrogens with zero attached hydrogens (tertiary/aromatic N) is 2. The number of hydrogen-bond donors (Lipinski definition) is 1. The van der Waals surface area contributed by atoms with Crippen LogP contribution in [0.1, 0.15) is 5.56 Å². The van der Waals surface area contributed by atoms with Gasteiger partial charge in [0.15, 0.2) is 0 Å². The third-order valence-corrected chi connectivity index (χ3v) is 3.31. The minimum Gasteiger partial charge on any atom is -0.389 e. The molecule has 1 aromatic carbocycles. The molecule has 1 aromatic rings. The number of halogens is 1. The van der Waals surface area contributed by atoms with Gasteiger partial charge in [-0.3, -0.25) is 0 Å². The topological polar surface area (TPSA) is 32.5 Å². The lowest BCUT2D eigenvalue weighted by atomic mass is 10.1. The molecule has 5 heteroatoms. The highest BCUT2D eigenvalue weighted by atomic mass is 32.1. The summed E-state index contributed by atoms with van der Waals surface area (Å²) in [7, 11) is 2.09. The standard InChI is InChI=1S/C12H16FN3S/c1-15-4-6-16(7-5-15)9-2-3-10(12(14)17)11(13)8-9/h2-3,8H,4-7H2,1H3,(H2,14,17). The Morgan fingerprint density at radius 1 is 1.29 bits per heavy atom. The summed E-state index contributed by atoms with van der Waals surface area (Å²) in [6, 6.07) is 5.05. The summed E-state index contributed by atoms with van der Waals surface area (Å²) in [5, 5.41) is 0. The van der Waals surface area contributed by atoms with Gasteiger partial charge >= 0.3 is 0 Å². The molecule has 1 fully saturated rings. The Labute approximate surface area is 106 Å². The second-order valence-corrected chi connectivity index (χ2v) is 4.76. The van der Waals surface area contributed by atoms with Gasteiger partial charge in [-0.05, 0) is 25.2 Å². The van der Waals surface area contributed by atoms with Crippen molar-refractivity contribution in [1.29, 1.82) is 0 Å². The Hall–Kier alpha value is -1.20. The average molecular weight is 253 g/mol. The number of rotatable bonds is 2. The predicted octanol–water partition coefficient (Wildman–Crippen LogP) is 1.21. The van der Waals surface area contributed by atoms with Crippen molar-refractivity contribution in [1.82, 2.24) is 4.90 Å².